The Kier molecular flexibility index (Phi) is 3.52. The summed E-state index contributed by atoms with van der Waals surface area (Å²) in [6.45, 7) is 0. The molecular formula is C11H12N4O3S. The van der Waals surface area contributed by atoms with Gasteiger partial charge in [-0.25, -0.2) is 4.98 Å². The number of nitrogens with zero attached hydrogens (tertiary/aromatic N) is 1. The fourth-order valence-corrected chi connectivity index (χ4v) is 2.40. The van der Waals surface area contributed by atoms with Gasteiger partial charge in [-0.1, -0.05) is 0 Å². The Balaban J connectivity index is 2.19. The van der Waals surface area contributed by atoms with Gasteiger partial charge in [0.15, 0.2) is 5.03 Å². The molecule has 19 heavy (non-hydrogen) atoms. The minimum Gasteiger partial charge on any atom is -0.355 e. The molecule has 2 aromatic rings. The molecule has 1 heterocycles. The number of aromatic nitrogens is 2. The lowest BCUT2D eigenvalue weighted by Gasteiger charge is -2.06. The molecule has 0 atom stereocenters. The number of nitrogens with one attached hydrogen (secondary N) is 3. The molecule has 7 nitrogen and oxygen atoms in total. The minimum absolute atomic E-state index is 0.0251. The fourth-order valence-electron chi connectivity index (χ4n) is 1.43. The maximum Gasteiger partial charge on any atom is 0.278 e. The lowest BCUT2D eigenvalue weighted by atomic mass is 10.2. The number of sulfonamides is 1. The number of rotatable bonds is 4. The topological polar surface area (TPSA) is 104 Å². The molecule has 0 saturated heterocycles. The van der Waals surface area contributed by atoms with Gasteiger partial charge < -0.3 is 10.3 Å². The van der Waals surface area contributed by atoms with E-state index < -0.39 is 10.0 Å². The summed E-state index contributed by atoms with van der Waals surface area (Å²) in [5.74, 6) is -0.233. The average molecular weight is 280 g/mol. The van der Waals surface area contributed by atoms with E-state index in [0.29, 0.717) is 11.3 Å². The first-order chi connectivity index (χ1) is 9.03. The van der Waals surface area contributed by atoms with E-state index in [1.165, 1.54) is 43.8 Å². The number of hydrogen-bond donors (Lipinski definition) is 3. The van der Waals surface area contributed by atoms with E-state index in [2.05, 4.69) is 20.0 Å². The van der Waals surface area contributed by atoms with Gasteiger partial charge in [-0.05, 0) is 24.3 Å². The largest absolute Gasteiger partial charge is 0.355 e. The Morgan fingerprint density at radius 3 is 2.47 bits per heavy atom. The second-order valence-corrected chi connectivity index (χ2v) is 5.33. The first-order valence-electron chi connectivity index (χ1n) is 5.36. The van der Waals surface area contributed by atoms with Crippen LogP contribution in [0.3, 0.4) is 0 Å². The Bertz CT molecular complexity index is 662. The van der Waals surface area contributed by atoms with Gasteiger partial charge in [0.25, 0.3) is 15.9 Å². The average Bonchev–Trinajstić information content (AvgIpc) is 2.93. The van der Waals surface area contributed by atoms with Crippen LogP contribution >= 0.6 is 0 Å². The van der Waals surface area contributed by atoms with Crippen molar-refractivity contribution >= 4 is 21.6 Å². The number of hydrogen-bond acceptors (Lipinski definition) is 4. The van der Waals surface area contributed by atoms with Crippen LogP contribution in [0.15, 0.2) is 41.8 Å². The summed E-state index contributed by atoms with van der Waals surface area (Å²) < 4.78 is 26.1. The Morgan fingerprint density at radius 2 is 1.95 bits per heavy atom. The van der Waals surface area contributed by atoms with Crippen LogP contribution in [-0.4, -0.2) is 31.3 Å². The van der Waals surface area contributed by atoms with Gasteiger partial charge in [0, 0.05) is 18.3 Å². The van der Waals surface area contributed by atoms with Crippen LogP contribution in [0.4, 0.5) is 5.69 Å². The summed E-state index contributed by atoms with van der Waals surface area (Å²) in [5.41, 5.74) is 0.814. The van der Waals surface area contributed by atoms with Crippen molar-refractivity contribution in [1.29, 1.82) is 0 Å². The number of amides is 1. The molecule has 100 valence electrons. The zero-order chi connectivity index (χ0) is 13.9. The Labute approximate surface area is 110 Å². The number of aromatic amines is 1. The van der Waals surface area contributed by atoms with Gasteiger partial charge in [0.05, 0.1) is 12.5 Å². The zero-order valence-corrected chi connectivity index (χ0v) is 10.9. The van der Waals surface area contributed by atoms with Crippen LogP contribution in [-0.2, 0) is 10.0 Å². The molecule has 1 aromatic heterocycles. The summed E-state index contributed by atoms with van der Waals surface area (Å²) in [7, 11) is -2.15. The van der Waals surface area contributed by atoms with Gasteiger partial charge in [-0.15, -0.1) is 0 Å². The molecule has 2 rings (SSSR count). The van der Waals surface area contributed by atoms with Crippen LogP contribution < -0.4 is 10.0 Å². The van der Waals surface area contributed by atoms with Crippen molar-refractivity contribution in [3.05, 3.63) is 42.4 Å². The molecule has 0 aliphatic rings. The standard InChI is InChI=1S/C11H12N4O3S/c1-12-11(16)8-2-4-9(5-3-8)15-19(17,18)10-6-13-7-14-10/h2-7,15H,1H3,(H,12,16)(H,13,14). The van der Waals surface area contributed by atoms with Crippen molar-refractivity contribution in [1.82, 2.24) is 15.3 Å². The molecule has 0 spiro atoms. The summed E-state index contributed by atoms with van der Waals surface area (Å²) >= 11 is 0. The first kappa shape index (κ1) is 13.1. The third-order valence-corrected chi connectivity index (χ3v) is 3.70. The first-order valence-corrected chi connectivity index (χ1v) is 6.84. The fraction of sp³-hybridized carbons (Fsp3) is 0.0909. The molecule has 1 aromatic carbocycles. The van der Waals surface area contributed by atoms with Crippen molar-refractivity contribution in [2.45, 2.75) is 5.03 Å². The number of imidazole rings is 1. The normalized spacial score (nSPS) is 11.0. The van der Waals surface area contributed by atoms with Crippen LogP contribution in [0.2, 0.25) is 0 Å². The molecule has 0 saturated carbocycles. The van der Waals surface area contributed by atoms with Gasteiger partial charge in [0.2, 0.25) is 0 Å². The molecule has 0 unspecified atom stereocenters. The summed E-state index contributed by atoms with van der Waals surface area (Å²) in [6.07, 6.45) is 2.49. The van der Waals surface area contributed by atoms with Crippen molar-refractivity contribution in [3.8, 4) is 0 Å². The highest BCUT2D eigenvalue weighted by Crippen LogP contribution is 2.14. The SMILES string of the molecule is CNC(=O)c1ccc(NS(=O)(=O)c2cnc[nH]2)cc1. The van der Waals surface area contributed by atoms with Crippen LogP contribution in [0.5, 0.6) is 0 Å². The lowest BCUT2D eigenvalue weighted by Crippen LogP contribution is -2.18. The molecule has 3 N–H and O–H groups in total. The maximum absolute atomic E-state index is 11.9. The summed E-state index contributed by atoms with van der Waals surface area (Å²) in [4.78, 5) is 17.5. The van der Waals surface area contributed by atoms with Crippen molar-refractivity contribution in [2.75, 3.05) is 11.8 Å². The van der Waals surface area contributed by atoms with E-state index in [1.54, 1.807) is 0 Å². The van der Waals surface area contributed by atoms with Crippen LogP contribution in [0.1, 0.15) is 10.4 Å². The maximum atomic E-state index is 11.9. The molecule has 0 aliphatic heterocycles. The number of benzene rings is 1. The summed E-state index contributed by atoms with van der Waals surface area (Å²) in [5, 5.41) is 2.46. The van der Waals surface area contributed by atoms with E-state index in [9.17, 15) is 13.2 Å². The van der Waals surface area contributed by atoms with Gasteiger partial charge >= 0.3 is 0 Å². The number of carbonyl (C=O) groups is 1. The van der Waals surface area contributed by atoms with E-state index in [-0.39, 0.29) is 10.9 Å². The van der Waals surface area contributed by atoms with Crippen molar-refractivity contribution < 1.29 is 13.2 Å². The minimum atomic E-state index is -3.68. The molecular weight excluding hydrogens is 268 g/mol. The Hall–Kier alpha value is -2.35. The quantitative estimate of drug-likeness (QED) is 0.761. The third-order valence-electron chi connectivity index (χ3n) is 2.39. The molecule has 0 bridgehead atoms. The predicted molar refractivity (Wildman–Crippen MR) is 69.2 cm³/mol. The number of carbonyl (C=O) groups excluding carboxylic acids is 1. The summed E-state index contributed by atoms with van der Waals surface area (Å²) in [6, 6.07) is 6.09. The molecule has 0 radical (unpaired) electrons. The molecule has 0 aliphatic carbocycles. The number of H-pyrrole nitrogens is 1. The highest BCUT2D eigenvalue weighted by molar-refractivity contribution is 7.92. The second kappa shape index (κ2) is 5.11. The van der Waals surface area contributed by atoms with Gasteiger partial charge in [0.1, 0.15) is 0 Å². The van der Waals surface area contributed by atoms with Gasteiger partial charge in [-0.3, -0.25) is 9.52 Å². The second-order valence-electron chi connectivity index (χ2n) is 3.68. The van der Waals surface area contributed by atoms with E-state index in [1.807, 2.05) is 0 Å². The highest BCUT2D eigenvalue weighted by atomic mass is 32.2. The van der Waals surface area contributed by atoms with Gasteiger partial charge in [-0.2, -0.15) is 8.42 Å². The third kappa shape index (κ3) is 2.91. The smallest absolute Gasteiger partial charge is 0.278 e. The van der Waals surface area contributed by atoms with Crippen molar-refractivity contribution in [2.24, 2.45) is 0 Å². The van der Waals surface area contributed by atoms with E-state index in [0.717, 1.165) is 0 Å². The monoisotopic (exact) mass is 280 g/mol. The molecule has 1 amide bonds. The molecule has 0 fully saturated rings. The highest BCUT2D eigenvalue weighted by Gasteiger charge is 2.15. The zero-order valence-electron chi connectivity index (χ0n) is 10.0. The number of anilines is 1. The van der Waals surface area contributed by atoms with Crippen molar-refractivity contribution in [3.63, 3.8) is 0 Å². The predicted octanol–water partition coefficient (Wildman–Crippen LogP) is 0.570. The lowest BCUT2D eigenvalue weighted by molar-refractivity contribution is 0.0963. The Morgan fingerprint density at radius 1 is 1.26 bits per heavy atom. The van der Waals surface area contributed by atoms with Crippen LogP contribution in [0.25, 0.3) is 0 Å². The molecule has 8 heteroatoms. The van der Waals surface area contributed by atoms with E-state index in [4.69, 9.17) is 0 Å². The van der Waals surface area contributed by atoms with E-state index >= 15 is 0 Å². The van der Waals surface area contributed by atoms with Crippen LogP contribution in [0, 0.1) is 0 Å².